The average Bonchev–Trinajstić information content (AvgIpc) is 3.06. The van der Waals surface area contributed by atoms with Gasteiger partial charge in [-0.15, -0.1) is 0 Å². The van der Waals surface area contributed by atoms with Crippen molar-refractivity contribution in [1.29, 1.82) is 0 Å². The van der Waals surface area contributed by atoms with E-state index in [1.807, 2.05) is 0 Å². The van der Waals surface area contributed by atoms with Crippen LogP contribution in [0, 0.1) is 0 Å². The van der Waals surface area contributed by atoms with Gasteiger partial charge >= 0.3 is 0 Å². The first-order valence-corrected chi connectivity index (χ1v) is 9.15. The molecule has 0 saturated carbocycles. The molecule has 2 saturated heterocycles. The van der Waals surface area contributed by atoms with Crippen LogP contribution in [0.5, 0.6) is 0 Å². The van der Waals surface area contributed by atoms with E-state index in [2.05, 4.69) is 0 Å². The summed E-state index contributed by atoms with van der Waals surface area (Å²) >= 11 is 0. The smallest absolute Gasteiger partial charge is 0.289 e. The summed E-state index contributed by atoms with van der Waals surface area (Å²) in [6.07, 6.45) is 1.73. The molecule has 2 fully saturated rings. The van der Waals surface area contributed by atoms with E-state index in [4.69, 9.17) is 14.9 Å². The lowest BCUT2D eigenvalue weighted by molar-refractivity contribution is 0.0665. The molecule has 0 bridgehead atoms. The van der Waals surface area contributed by atoms with Crippen molar-refractivity contribution in [1.82, 2.24) is 9.21 Å². The Balaban J connectivity index is 1.75. The number of carbonyl (C=O) groups excluding carboxylic acids is 1. The van der Waals surface area contributed by atoms with Crippen LogP contribution >= 0.6 is 0 Å². The van der Waals surface area contributed by atoms with Gasteiger partial charge in [0.2, 0.25) is 5.09 Å². The Morgan fingerprint density at radius 1 is 1.22 bits per heavy atom. The molecule has 0 radical (unpaired) electrons. The predicted molar refractivity (Wildman–Crippen MR) is 81.4 cm³/mol. The van der Waals surface area contributed by atoms with Crippen molar-refractivity contribution < 1.29 is 22.4 Å². The molecule has 23 heavy (non-hydrogen) atoms. The summed E-state index contributed by atoms with van der Waals surface area (Å²) < 4.78 is 36.8. The van der Waals surface area contributed by atoms with Gasteiger partial charge in [-0.1, -0.05) is 0 Å². The molecule has 128 valence electrons. The fraction of sp³-hybridized carbons (Fsp3) is 0.643. The molecule has 8 nitrogen and oxygen atoms in total. The Kier molecular flexibility index (Phi) is 4.72. The highest BCUT2D eigenvalue weighted by Crippen LogP contribution is 2.21. The topological polar surface area (TPSA) is 106 Å². The second-order valence-electron chi connectivity index (χ2n) is 5.79. The van der Waals surface area contributed by atoms with E-state index >= 15 is 0 Å². The van der Waals surface area contributed by atoms with Crippen LogP contribution in [0.3, 0.4) is 0 Å². The van der Waals surface area contributed by atoms with Crippen LogP contribution in [0.2, 0.25) is 0 Å². The summed E-state index contributed by atoms with van der Waals surface area (Å²) in [6, 6.07) is 2.71. The van der Waals surface area contributed by atoms with Gasteiger partial charge in [-0.3, -0.25) is 4.79 Å². The van der Waals surface area contributed by atoms with Gasteiger partial charge in [-0.2, -0.15) is 4.31 Å². The number of amides is 1. The maximum atomic E-state index is 12.5. The van der Waals surface area contributed by atoms with Gasteiger partial charge in [-0.25, -0.2) is 8.42 Å². The Morgan fingerprint density at radius 3 is 2.65 bits per heavy atom. The molecule has 2 aliphatic heterocycles. The molecule has 2 aliphatic rings. The number of morpholine rings is 1. The summed E-state index contributed by atoms with van der Waals surface area (Å²) in [5, 5.41) is -0.205. The van der Waals surface area contributed by atoms with Gasteiger partial charge in [0, 0.05) is 32.2 Å². The standard InChI is InChI=1S/C14H21N3O5S/c15-11-2-1-5-16(10-11)14(18)12-3-4-13(22-12)23(19,20)17-6-8-21-9-7-17/h3-4,11H,1-2,5-10,15H2. The number of ether oxygens (including phenoxy) is 1. The number of nitrogens with two attached hydrogens (primary N) is 1. The van der Waals surface area contributed by atoms with Crippen LogP contribution in [0.15, 0.2) is 21.6 Å². The molecule has 3 heterocycles. The largest absolute Gasteiger partial charge is 0.438 e. The zero-order chi connectivity index (χ0) is 16.4. The van der Waals surface area contributed by atoms with Crippen LogP contribution in [0.4, 0.5) is 0 Å². The van der Waals surface area contributed by atoms with E-state index in [-0.39, 0.29) is 35.9 Å². The third kappa shape index (κ3) is 3.42. The number of rotatable bonds is 3. The van der Waals surface area contributed by atoms with E-state index in [0.29, 0.717) is 26.3 Å². The molecule has 2 N–H and O–H groups in total. The average molecular weight is 343 g/mol. The maximum absolute atomic E-state index is 12.5. The van der Waals surface area contributed by atoms with Crippen molar-refractivity contribution >= 4 is 15.9 Å². The molecule has 3 rings (SSSR count). The molecule has 9 heteroatoms. The quantitative estimate of drug-likeness (QED) is 0.819. The van der Waals surface area contributed by atoms with E-state index in [1.54, 1.807) is 4.90 Å². The van der Waals surface area contributed by atoms with Crippen LogP contribution in [-0.2, 0) is 14.8 Å². The highest BCUT2D eigenvalue weighted by atomic mass is 32.2. The fourth-order valence-electron chi connectivity index (χ4n) is 2.84. The summed E-state index contributed by atoms with van der Waals surface area (Å²) in [5.74, 6) is -0.283. The number of hydrogen-bond donors (Lipinski definition) is 1. The predicted octanol–water partition coefficient (Wildman–Crippen LogP) is -0.136. The first-order chi connectivity index (χ1) is 11.0. The van der Waals surface area contributed by atoms with Crippen molar-refractivity contribution in [2.45, 2.75) is 24.0 Å². The minimum Gasteiger partial charge on any atom is -0.438 e. The normalized spacial score (nSPS) is 23.9. The summed E-state index contributed by atoms with van der Waals surface area (Å²) in [6.45, 7) is 2.36. The van der Waals surface area contributed by atoms with Crippen molar-refractivity contribution in [3.63, 3.8) is 0 Å². The number of hydrogen-bond acceptors (Lipinski definition) is 6. The monoisotopic (exact) mass is 343 g/mol. The van der Waals surface area contributed by atoms with Crippen molar-refractivity contribution in [2.24, 2.45) is 5.73 Å². The molecule has 0 aromatic carbocycles. The number of sulfonamides is 1. The molecule has 0 aliphatic carbocycles. The lowest BCUT2D eigenvalue weighted by Gasteiger charge is -2.30. The highest BCUT2D eigenvalue weighted by molar-refractivity contribution is 7.89. The van der Waals surface area contributed by atoms with E-state index in [9.17, 15) is 13.2 Å². The van der Waals surface area contributed by atoms with Crippen LogP contribution in [-0.4, -0.2) is 69.0 Å². The van der Waals surface area contributed by atoms with Gasteiger partial charge in [0.15, 0.2) is 5.76 Å². The molecule has 1 aromatic rings. The Hall–Kier alpha value is -1.42. The van der Waals surface area contributed by atoms with Crippen LogP contribution in [0.25, 0.3) is 0 Å². The van der Waals surface area contributed by atoms with Crippen LogP contribution < -0.4 is 5.73 Å². The van der Waals surface area contributed by atoms with Crippen molar-refractivity contribution in [3.8, 4) is 0 Å². The molecule has 1 unspecified atom stereocenters. The number of nitrogens with zero attached hydrogens (tertiary/aromatic N) is 2. The van der Waals surface area contributed by atoms with E-state index in [1.165, 1.54) is 16.4 Å². The van der Waals surface area contributed by atoms with E-state index in [0.717, 1.165) is 12.8 Å². The van der Waals surface area contributed by atoms with E-state index < -0.39 is 10.0 Å². The van der Waals surface area contributed by atoms with Gasteiger partial charge < -0.3 is 19.8 Å². The second-order valence-corrected chi connectivity index (χ2v) is 7.66. The number of likely N-dealkylation sites (tertiary alicyclic amines) is 1. The van der Waals surface area contributed by atoms with Crippen molar-refractivity contribution in [2.75, 3.05) is 39.4 Å². The first kappa shape index (κ1) is 16.4. The Labute approximate surface area is 135 Å². The Bertz CT molecular complexity index is 666. The second kappa shape index (κ2) is 6.60. The van der Waals surface area contributed by atoms with Gasteiger partial charge in [0.1, 0.15) is 0 Å². The van der Waals surface area contributed by atoms with Gasteiger partial charge in [0.25, 0.3) is 15.9 Å². The lowest BCUT2D eigenvalue weighted by Crippen LogP contribution is -2.45. The highest BCUT2D eigenvalue weighted by Gasteiger charge is 2.31. The fourth-order valence-corrected chi connectivity index (χ4v) is 4.16. The third-order valence-electron chi connectivity index (χ3n) is 4.10. The maximum Gasteiger partial charge on any atom is 0.289 e. The van der Waals surface area contributed by atoms with Crippen LogP contribution in [0.1, 0.15) is 23.4 Å². The number of carbonyl (C=O) groups is 1. The molecule has 1 amide bonds. The third-order valence-corrected chi connectivity index (χ3v) is 5.87. The minimum atomic E-state index is -3.72. The summed E-state index contributed by atoms with van der Waals surface area (Å²) in [4.78, 5) is 14.0. The number of piperidine rings is 1. The minimum absolute atomic E-state index is 0.0333. The number of furan rings is 1. The van der Waals surface area contributed by atoms with Gasteiger partial charge in [-0.05, 0) is 25.0 Å². The molecular weight excluding hydrogens is 322 g/mol. The SMILES string of the molecule is NC1CCCN(C(=O)c2ccc(S(=O)(=O)N3CCOCC3)o2)C1. The zero-order valence-corrected chi connectivity index (χ0v) is 13.6. The first-order valence-electron chi connectivity index (χ1n) is 7.71. The Morgan fingerprint density at radius 2 is 1.96 bits per heavy atom. The molecule has 0 spiro atoms. The summed E-state index contributed by atoms with van der Waals surface area (Å²) in [7, 11) is -3.72. The van der Waals surface area contributed by atoms with Crippen molar-refractivity contribution in [3.05, 3.63) is 17.9 Å². The summed E-state index contributed by atoms with van der Waals surface area (Å²) in [5.41, 5.74) is 5.87. The molecule has 1 aromatic heterocycles. The molecule has 1 atom stereocenters. The zero-order valence-electron chi connectivity index (χ0n) is 12.8. The van der Waals surface area contributed by atoms with Gasteiger partial charge in [0.05, 0.1) is 13.2 Å². The lowest BCUT2D eigenvalue weighted by atomic mass is 10.1. The molecular formula is C14H21N3O5S.